The van der Waals surface area contributed by atoms with Crippen molar-refractivity contribution >= 4 is 17.5 Å². The first kappa shape index (κ1) is 29.2. The summed E-state index contributed by atoms with van der Waals surface area (Å²) in [5, 5.41) is 14.2. The molecule has 0 radical (unpaired) electrons. The average molecular weight is 534 g/mol. The first-order valence-electron chi connectivity index (χ1n) is 12.8. The van der Waals surface area contributed by atoms with Gasteiger partial charge in [-0.05, 0) is 35.6 Å². The van der Waals surface area contributed by atoms with Crippen LogP contribution in [0.25, 0.3) is 0 Å². The highest BCUT2D eigenvalue weighted by molar-refractivity contribution is 5.88. The second-order valence-electron chi connectivity index (χ2n) is 9.67. The molecule has 0 aliphatic rings. The van der Waals surface area contributed by atoms with Gasteiger partial charge in [-0.15, -0.1) is 0 Å². The molecule has 0 heterocycles. The third kappa shape index (κ3) is 8.29. The van der Waals surface area contributed by atoms with E-state index in [1.807, 2.05) is 75.4 Å². The fraction of sp³-hybridized carbons (Fsp3) is 0.333. The molecule has 0 saturated heterocycles. The lowest BCUT2D eigenvalue weighted by molar-refractivity contribution is -0.385. The molecule has 0 spiro atoms. The van der Waals surface area contributed by atoms with E-state index in [1.165, 1.54) is 25.3 Å². The summed E-state index contributed by atoms with van der Waals surface area (Å²) in [4.78, 5) is 39.4. The van der Waals surface area contributed by atoms with Gasteiger partial charge in [0.05, 0.1) is 12.0 Å². The lowest BCUT2D eigenvalue weighted by Crippen LogP contribution is -2.52. The van der Waals surface area contributed by atoms with Crippen LogP contribution in [0.3, 0.4) is 0 Å². The van der Waals surface area contributed by atoms with Crippen molar-refractivity contribution in [2.75, 3.05) is 20.3 Å². The molecule has 9 nitrogen and oxygen atoms in total. The summed E-state index contributed by atoms with van der Waals surface area (Å²) in [6.45, 7) is 6.31. The van der Waals surface area contributed by atoms with E-state index in [0.717, 1.165) is 16.7 Å². The standard InChI is InChI=1S/C30H35N3O6/c1-21(2)18-31-30(35)27(16-23-11-6-5-7-12-23)32(19-24-13-9-8-10-22(24)3)29(34)20-39-25-14-15-26(33(36)37)28(17-25)38-4/h5-15,17,21,27H,16,18-20H2,1-4H3,(H,31,35). The molecular weight excluding hydrogens is 498 g/mol. The Kier molecular flexibility index (Phi) is 10.4. The number of hydrogen-bond donors (Lipinski definition) is 1. The van der Waals surface area contributed by atoms with Crippen LogP contribution in [0.5, 0.6) is 11.5 Å². The van der Waals surface area contributed by atoms with E-state index in [0.29, 0.717) is 13.0 Å². The predicted molar refractivity (Wildman–Crippen MR) is 149 cm³/mol. The Morgan fingerprint density at radius 1 is 1.03 bits per heavy atom. The first-order valence-corrected chi connectivity index (χ1v) is 12.8. The van der Waals surface area contributed by atoms with Gasteiger partial charge in [-0.25, -0.2) is 0 Å². The highest BCUT2D eigenvalue weighted by Gasteiger charge is 2.31. The molecule has 39 heavy (non-hydrogen) atoms. The van der Waals surface area contributed by atoms with Crippen LogP contribution in [-0.4, -0.2) is 47.9 Å². The maximum atomic E-state index is 13.7. The van der Waals surface area contributed by atoms with Crippen molar-refractivity contribution in [3.8, 4) is 11.5 Å². The zero-order valence-electron chi connectivity index (χ0n) is 22.8. The number of benzene rings is 3. The van der Waals surface area contributed by atoms with Gasteiger partial charge in [0.25, 0.3) is 5.91 Å². The molecule has 1 unspecified atom stereocenters. The summed E-state index contributed by atoms with van der Waals surface area (Å²) in [5.41, 5.74) is 2.63. The molecule has 1 atom stereocenters. The Morgan fingerprint density at radius 2 is 1.72 bits per heavy atom. The molecule has 0 aliphatic heterocycles. The van der Waals surface area contributed by atoms with E-state index in [2.05, 4.69) is 5.32 Å². The third-order valence-electron chi connectivity index (χ3n) is 6.27. The summed E-state index contributed by atoms with van der Waals surface area (Å²) in [7, 11) is 1.32. The molecule has 2 amide bonds. The highest BCUT2D eigenvalue weighted by Crippen LogP contribution is 2.31. The highest BCUT2D eigenvalue weighted by atomic mass is 16.6. The normalized spacial score (nSPS) is 11.5. The quantitative estimate of drug-likeness (QED) is 0.252. The molecule has 3 rings (SSSR count). The number of carbonyl (C=O) groups excluding carboxylic acids is 2. The fourth-order valence-electron chi connectivity index (χ4n) is 4.07. The number of nitro benzene ring substituents is 1. The Hall–Kier alpha value is -4.40. The van der Waals surface area contributed by atoms with E-state index in [-0.39, 0.29) is 42.2 Å². The smallest absolute Gasteiger partial charge is 0.311 e. The predicted octanol–water partition coefficient (Wildman–Crippen LogP) is 4.70. The van der Waals surface area contributed by atoms with Crippen LogP contribution in [0.1, 0.15) is 30.5 Å². The number of rotatable bonds is 13. The second kappa shape index (κ2) is 13.9. The van der Waals surface area contributed by atoms with Crippen LogP contribution in [-0.2, 0) is 22.6 Å². The summed E-state index contributed by atoms with van der Waals surface area (Å²) < 4.78 is 10.9. The molecule has 0 saturated carbocycles. The topological polar surface area (TPSA) is 111 Å². The molecular formula is C30H35N3O6. The maximum Gasteiger partial charge on any atom is 0.311 e. The van der Waals surface area contributed by atoms with Crippen LogP contribution < -0.4 is 14.8 Å². The van der Waals surface area contributed by atoms with Gasteiger partial charge in [-0.1, -0.05) is 68.4 Å². The molecule has 1 N–H and O–H groups in total. The SMILES string of the molecule is COc1cc(OCC(=O)N(Cc2ccccc2C)C(Cc2ccccc2)C(=O)NCC(C)C)ccc1[N+](=O)[O-]. The summed E-state index contributed by atoms with van der Waals surface area (Å²) in [5.74, 6) is -0.128. The molecule has 9 heteroatoms. The first-order chi connectivity index (χ1) is 18.7. The van der Waals surface area contributed by atoms with Crippen LogP contribution >= 0.6 is 0 Å². The van der Waals surface area contributed by atoms with E-state index >= 15 is 0 Å². The van der Waals surface area contributed by atoms with Crippen LogP contribution in [0.15, 0.2) is 72.8 Å². The number of nitrogens with zero attached hydrogens (tertiary/aromatic N) is 2. The van der Waals surface area contributed by atoms with Crippen molar-refractivity contribution in [1.29, 1.82) is 0 Å². The average Bonchev–Trinajstić information content (AvgIpc) is 2.93. The van der Waals surface area contributed by atoms with Crippen molar-refractivity contribution in [3.05, 3.63) is 99.6 Å². The Balaban J connectivity index is 1.92. The Labute approximate surface area is 228 Å². The van der Waals surface area contributed by atoms with Gasteiger partial charge >= 0.3 is 5.69 Å². The molecule has 0 aromatic heterocycles. The second-order valence-corrected chi connectivity index (χ2v) is 9.67. The minimum Gasteiger partial charge on any atom is -0.490 e. The molecule has 0 fully saturated rings. The molecule has 0 aliphatic carbocycles. The van der Waals surface area contributed by atoms with Gasteiger partial charge < -0.3 is 19.7 Å². The molecule has 3 aromatic carbocycles. The minimum absolute atomic E-state index is 0.0248. The van der Waals surface area contributed by atoms with E-state index in [1.54, 1.807) is 4.90 Å². The van der Waals surface area contributed by atoms with E-state index < -0.39 is 16.9 Å². The minimum atomic E-state index is -0.784. The zero-order chi connectivity index (χ0) is 28.4. The molecule has 206 valence electrons. The van der Waals surface area contributed by atoms with Crippen LogP contribution in [0, 0.1) is 23.0 Å². The summed E-state index contributed by atoms with van der Waals surface area (Å²) >= 11 is 0. The summed E-state index contributed by atoms with van der Waals surface area (Å²) in [6.07, 6.45) is 0.327. The molecule has 0 bridgehead atoms. The number of nitro groups is 1. The van der Waals surface area contributed by atoms with Gasteiger partial charge in [0.2, 0.25) is 11.7 Å². The monoisotopic (exact) mass is 533 g/mol. The number of methoxy groups -OCH3 is 1. The number of nitrogens with one attached hydrogen (secondary N) is 1. The van der Waals surface area contributed by atoms with E-state index in [9.17, 15) is 19.7 Å². The number of amides is 2. The lowest BCUT2D eigenvalue weighted by atomic mass is 10.0. The largest absolute Gasteiger partial charge is 0.490 e. The maximum absolute atomic E-state index is 13.7. The number of hydrogen-bond acceptors (Lipinski definition) is 6. The van der Waals surface area contributed by atoms with Crippen molar-refractivity contribution in [2.45, 2.75) is 39.8 Å². The molecule has 3 aromatic rings. The Bertz CT molecular complexity index is 1280. The van der Waals surface area contributed by atoms with Crippen molar-refractivity contribution in [1.82, 2.24) is 10.2 Å². The van der Waals surface area contributed by atoms with Crippen molar-refractivity contribution in [2.24, 2.45) is 5.92 Å². The zero-order valence-corrected chi connectivity index (χ0v) is 22.8. The van der Waals surface area contributed by atoms with Crippen LogP contribution in [0.2, 0.25) is 0 Å². The fourth-order valence-corrected chi connectivity index (χ4v) is 4.07. The summed E-state index contributed by atoms with van der Waals surface area (Å²) in [6, 6.07) is 20.5. The van der Waals surface area contributed by atoms with Gasteiger partial charge in [0, 0.05) is 31.6 Å². The van der Waals surface area contributed by atoms with Gasteiger partial charge in [-0.3, -0.25) is 19.7 Å². The third-order valence-corrected chi connectivity index (χ3v) is 6.27. The van der Waals surface area contributed by atoms with Gasteiger partial charge in [-0.2, -0.15) is 0 Å². The van der Waals surface area contributed by atoms with E-state index in [4.69, 9.17) is 9.47 Å². The number of aryl methyl sites for hydroxylation is 1. The van der Waals surface area contributed by atoms with Crippen molar-refractivity contribution in [3.63, 3.8) is 0 Å². The van der Waals surface area contributed by atoms with Crippen molar-refractivity contribution < 1.29 is 24.0 Å². The Morgan fingerprint density at radius 3 is 2.36 bits per heavy atom. The lowest BCUT2D eigenvalue weighted by Gasteiger charge is -2.32. The number of carbonyl (C=O) groups is 2. The number of ether oxygens (including phenoxy) is 2. The van der Waals surface area contributed by atoms with Crippen LogP contribution in [0.4, 0.5) is 5.69 Å². The van der Waals surface area contributed by atoms with Gasteiger partial charge in [0.1, 0.15) is 11.8 Å². The van der Waals surface area contributed by atoms with Gasteiger partial charge in [0.15, 0.2) is 6.61 Å².